The second-order valence-electron chi connectivity index (χ2n) is 2.27. The van der Waals surface area contributed by atoms with E-state index in [9.17, 15) is 0 Å². The van der Waals surface area contributed by atoms with Crippen molar-refractivity contribution in [2.45, 2.75) is 0 Å². The lowest BCUT2D eigenvalue weighted by Crippen LogP contribution is -1.89. The van der Waals surface area contributed by atoms with Crippen molar-refractivity contribution in [1.82, 2.24) is 9.38 Å². The molecule has 0 aliphatic carbocycles. The van der Waals surface area contributed by atoms with Crippen LogP contribution >= 0.6 is 15.9 Å². The third kappa shape index (κ3) is 0.991. The first-order chi connectivity index (χ1) is 5.27. The van der Waals surface area contributed by atoms with Crippen molar-refractivity contribution < 1.29 is 0 Å². The average molecular weight is 212 g/mol. The van der Waals surface area contributed by atoms with Crippen LogP contribution in [-0.4, -0.2) is 9.38 Å². The predicted octanol–water partition coefficient (Wildman–Crippen LogP) is 1.68. The highest BCUT2D eigenvalue weighted by Gasteiger charge is 1.97. The van der Waals surface area contributed by atoms with E-state index in [2.05, 4.69) is 20.9 Å². The Balaban J connectivity index is 2.87. The lowest BCUT2D eigenvalue weighted by Gasteiger charge is -1.95. The standard InChI is InChI=1S/C7H6BrN3/c8-6-3-10-7-2-1-5(9)4-11(6)7/h1-4H,9H2. The van der Waals surface area contributed by atoms with Crippen molar-refractivity contribution in [3.8, 4) is 0 Å². The van der Waals surface area contributed by atoms with Crippen LogP contribution in [0.15, 0.2) is 29.1 Å². The predicted molar refractivity (Wildman–Crippen MR) is 47.3 cm³/mol. The number of halogens is 1. The Labute approximate surface area is 72.0 Å². The highest BCUT2D eigenvalue weighted by molar-refractivity contribution is 9.10. The maximum Gasteiger partial charge on any atom is 0.137 e. The second-order valence-corrected chi connectivity index (χ2v) is 3.08. The number of aromatic nitrogens is 2. The summed E-state index contributed by atoms with van der Waals surface area (Å²) in [4.78, 5) is 4.12. The van der Waals surface area contributed by atoms with Gasteiger partial charge in [-0.1, -0.05) is 0 Å². The molecule has 2 rings (SSSR count). The number of rotatable bonds is 0. The smallest absolute Gasteiger partial charge is 0.137 e. The summed E-state index contributed by atoms with van der Waals surface area (Å²) in [6, 6.07) is 3.70. The monoisotopic (exact) mass is 211 g/mol. The Morgan fingerprint density at radius 1 is 1.45 bits per heavy atom. The van der Waals surface area contributed by atoms with Crippen molar-refractivity contribution >= 4 is 27.3 Å². The Kier molecular flexibility index (Phi) is 1.35. The molecule has 0 saturated carbocycles. The normalized spacial score (nSPS) is 10.6. The number of nitrogens with zero attached hydrogens (tertiary/aromatic N) is 2. The Morgan fingerprint density at radius 2 is 2.27 bits per heavy atom. The summed E-state index contributed by atoms with van der Waals surface area (Å²) in [5, 5.41) is 0. The lowest BCUT2D eigenvalue weighted by atomic mass is 10.4. The zero-order valence-electron chi connectivity index (χ0n) is 5.66. The van der Waals surface area contributed by atoms with Crippen molar-refractivity contribution in [1.29, 1.82) is 0 Å². The summed E-state index contributed by atoms with van der Waals surface area (Å²) in [7, 11) is 0. The van der Waals surface area contributed by atoms with Crippen LogP contribution < -0.4 is 5.73 Å². The molecule has 0 radical (unpaired) electrons. The van der Waals surface area contributed by atoms with Gasteiger partial charge in [0, 0.05) is 11.9 Å². The van der Waals surface area contributed by atoms with E-state index in [1.54, 1.807) is 6.20 Å². The Morgan fingerprint density at radius 3 is 3.09 bits per heavy atom. The SMILES string of the molecule is Nc1ccc2ncc(Br)n2c1. The first-order valence-electron chi connectivity index (χ1n) is 3.15. The molecule has 0 aliphatic heterocycles. The van der Waals surface area contributed by atoms with Gasteiger partial charge in [0.25, 0.3) is 0 Å². The van der Waals surface area contributed by atoms with Gasteiger partial charge in [-0.2, -0.15) is 0 Å². The zero-order chi connectivity index (χ0) is 7.84. The van der Waals surface area contributed by atoms with E-state index in [1.165, 1.54) is 0 Å². The van der Waals surface area contributed by atoms with Crippen molar-refractivity contribution in [3.05, 3.63) is 29.1 Å². The number of anilines is 1. The van der Waals surface area contributed by atoms with Crippen LogP contribution in [0.25, 0.3) is 5.65 Å². The van der Waals surface area contributed by atoms with E-state index in [1.807, 2.05) is 22.7 Å². The summed E-state index contributed by atoms with van der Waals surface area (Å²) >= 11 is 3.35. The van der Waals surface area contributed by atoms with Crippen LogP contribution in [0.1, 0.15) is 0 Å². The number of hydrogen-bond acceptors (Lipinski definition) is 2. The van der Waals surface area contributed by atoms with E-state index in [0.29, 0.717) is 0 Å². The molecule has 0 spiro atoms. The van der Waals surface area contributed by atoms with Crippen LogP contribution in [0.3, 0.4) is 0 Å². The first-order valence-corrected chi connectivity index (χ1v) is 3.95. The van der Waals surface area contributed by atoms with E-state index >= 15 is 0 Å². The highest BCUT2D eigenvalue weighted by Crippen LogP contribution is 2.14. The third-order valence-electron chi connectivity index (χ3n) is 1.48. The zero-order valence-corrected chi connectivity index (χ0v) is 7.25. The van der Waals surface area contributed by atoms with Crippen molar-refractivity contribution in [2.24, 2.45) is 0 Å². The molecule has 0 aliphatic rings. The summed E-state index contributed by atoms with van der Waals surface area (Å²) in [6.45, 7) is 0. The molecule has 2 N–H and O–H groups in total. The van der Waals surface area contributed by atoms with Crippen molar-refractivity contribution in [3.63, 3.8) is 0 Å². The van der Waals surface area contributed by atoms with Gasteiger partial charge < -0.3 is 5.73 Å². The number of hydrogen-bond donors (Lipinski definition) is 1. The van der Waals surface area contributed by atoms with Crippen molar-refractivity contribution in [2.75, 3.05) is 5.73 Å². The molecule has 0 amide bonds. The number of pyridine rings is 1. The number of imidazole rings is 1. The number of fused-ring (bicyclic) bond motifs is 1. The van der Waals surface area contributed by atoms with Crippen LogP contribution in [0.2, 0.25) is 0 Å². The minimum Gasteiger partial charge on any atom is -0.398 e. The fraction of sp³-hybridized carbons (Fsp3) is 0. The van der Waals surface area contributed by atoms with Crippen LogP contribution in [-0.2, 0) is 0 Å². The molecule has 0 unspecified atom stereocenters. The second kappa shape index (κ2) is 2.23. The molecule has 0 atom stereocenters. The molecule has 0 aromatic carbocycles. The molecule has 0 bridgehead atoms. The van der Waals surface area contributed by atoms with Crippen LogP contribution in [0, 0.1) is 0 Å². The minimum absolute atomic E-state index is 0.733. The third-order valence-corrected chi connectivity index (χ3v) is 2.07. The topological polar surface area (TPSA) is 43.3 Å². The van der Waals surface area contributed by atoms with E-state index in [0.717, 1.165) is 15.9 Å². The molecule has 3 nitrogen and oxygen atoms in total. The van der Waals surface area contributed by atoms with E-state index in [-0.39, 0.29) is 0 Å². The maximum absolute atomic E-state index is 5.58. The number of nitrogens with two attached hydrogens (primary N) is 1. The molecule has 2 aromatic heterocycles. The van der Waals surface area contributed by atoms with Gasteiger partial charge in [0.1, 0.15) is 10.3 Å². The lowest BCUT2D eigenvalue weighted by molar-refractivity contribution is 1.16. The maximum atomic E-state index is 5.58. The first kappa shape index (κ1) is 6.67. The van der Waals surface area contributed by atoms with E-state index < -0.39 is 0 Å². The van der Waals surface area contributed by atoms with Crippen LogP contribution in [0.4, 0.5) is 5.69 Å². The Hall–Kier alpha value is -1.03. The van der Waals surface area contributed by atoms with E-state index in [4.69, 9.17) is 5.73 Å². The molecule has 2 aromatic rings. The van der Waals surface area contributed by atoms with Gasteiger partial charge in [-0.25, -0.2) is 4.98 Å². The molecule has 11 heavy (non-hydrogen) atoms. The molecule has 2 heterocycles. The summed E-state index contributed by atoms with van der Waals surface area (Å²) in [5.41, 5.74) is 7.21. The van der Waals surface area contributed by atoms with Crippen LogP contribution in [0.5, 0.6) is 0 Å². The van der Waals surface area contributed by atoms with Gasteiger partial charge in [0.05, 0.1) is 6.20 Å². The fourth-order valence-electron chi connectivity index (χ4n) is 0.967. The Bertz CT molecular complexity index is 393. The molecular weight excluding hydrogens is 206 g/mol. The fourth-order valence-corrected chi connectivity index (χ4v) is 1.35. The molecular formula is C7H6BrN3. The molecule has 0 saturated heterocycles. The summed E-state index contributed by atoms with van der Waals surface area (Å²) in [5.74, 6) is 0. The quantitative estimate of drug-likeness (QED) is 0.721. The molecule has 56 valence electrons. The van der Waals surface area contributed by atoms with Gasteiger partial charge in [-0.3, -0.25) is 4.40 Å². The molecule has 0 fully saturated rings. The number of nitrogen functional groups attached to an aromatic ring is 1. The summed E-state index contributed by atoms with van der Waals surface area (Å²) in [6.07, 6.45) is 3.57. The largest absolute Gasteiger partial charge is 0.398 e. The summed E-state index contributed by atoms with van der Waals surface area (Å²) < 4.78 is 2.80. The average Bonchev–Trinajstić information content (AvgIpc) is 2.33. The van der Waals surface area contributed by atoms with Gasteiger partial charge in [-0.15, -0.1) is 0 Å². The van der Waals surface area contributed by atoms with Gasteiger partial charge in [0.2, 0.25) is 0 Å². The minimum atomic E-state index is 0.733. The van der Waals surface area contributed by atoms with Gasteiger partial charge in [0.15, 0.2) is 0 Å². The van der Waals surface area contributed by atoms with Gasteiger partial charge >= 0.3 is 0 Å². The molecule has 4 heteroatoms. The van der Waals surface area contributed by atoms with Gasteiger partial charge in [-0.05, 0) is 28.1 Å². The highest BCUT2D eigenvalue weighted by atomic mass is 79.9.